The van der Waals surface area contributed by atoms with Crippen LogP contribution in [0.4, 0.5) is 14.5 Å². The first kappa shape index (κ1) is 14.2. The Morgan fingerprint density at radius 1 is 1.39 bits per heavy atom. The number of hydrogen-bond acceptors (Lipinski definition) is 2. The lowest BCUT2D eigenvalue weighted by Crippen LogP contribution is -2.29. The van der Waals surface area contributed by atoms with Gasteiger partial charge in [0.05, 0.1) is 6.42 Å². The van der Waals surface area contributed by atoms with Crippen LogP contribution >= 0.6 is 0 Å². The molecule has 0 bridgehead atoms. The van der Waals surface area contributed by atoms with Gasteiger partial charge in [-0.25, -0.2) is 8.78 Å². The zero-order valence-corrected chi connectivity index (χ0v) is 10.1. The van der Waals surface area contributed by atoms with E-state index in [9.17, 15) is 13.6 Å². The van der Waals surface area contributed by atoms with Crippen LogP contribution in [-0.4, -0.2) is 24.2 Å². The molecule has 0 aromatic heterocycles. The molecule has 18 heavy (non-hydrogen) atoms. The lowest BCUT2D eigenvalue weighted by molar-refractivity contribution is -0.136. The largest absolute Gasteiger partial charge is 0.481 e. The minimum Gasteiger partial charge on any atom is -0.481 e. The summed E-state index contributed by atoms with van der Waals surface area (Å²) in [6, 6.07) is 3.56. The molecule has 0 fully saturated rings. The van der Waals surface area contributed by atoms with Gasteiger partial charge in [0.15, 0.2) is 0 Å². The average Bonchev–Trinajstić information content (AvgIpc) is 2.24. The van der Waals surface area contributed by atoms with Gasteiger partial charge < -0.3 is 10.0 Å². The van der Waals surface area contributed by atoms with Gasteiger partial charge in [0.25, 0.3) is 0 Å². The van der Waals surface area contributed by atoms with Crippen LogP contribution in [-0.2, 0) is 4.79 Å². The van der Waals surface area contributed by atoms with E-state index in [0.717, 1.165) is 12.1 Å². The first-order valence-electron chi connectivity index (χ1n) is 5.47. The lowest BCUT2D eigenvalue weighted by atomic mass is 10.2. The minimum absolute atomic E-state index is 0.0278. The van der Waals surface area contributed by atoms with Crippen LogP contribution in [0.25, 0.3) is 0 Å². The average molecular weight is 255 g/mol. The smallest absolute Gasteiger partial charge is 0.305 e. The SMILES string of the molecule is C=C(C)CN(CCC(=O)O)c1c(F)cccc1F. The predicted molar refractivity (Wildman–Crippen MR) is 65.6 cm³/mol. The minimum atomic E-state index is -1.02. The van der Waals surface area contributed by atoms with Crippen LogP contribution in [0.15, 0.2) is 30.4 Å². The van der Waals surface area contributed by atoms with Crippen molar-refractivity contribution in [3.63, 3.8) is 0 Å². The summed E-state index contributed by atoms with van der Waals surface area (Å²) in [4.78, 5) is 11.9. The van der Waals surface area contributed by atoms with E-state index in [2.05, 4.69) is 6.58 Å². The molecule has 0 aliphatic carbocycles. The van der Waals surface area contributed by atoms with Crippen molar-refractivity contribution in [3.05, 3.63) is 42.0 Å². The van der Waals surface area contributed by atoms with E-state index in [4.69, 9.17) is 5.11 Å². The van der Waals surface area contributed by atoms with Crippen LogP contribution in [0, 0.1) is 11.6 Å². The Balaban J connectivity index is 3.00. The second-order valence-electron chi connectivity index (χ2n) is 4.09. The maximum absolute atomic E-state index is 13.6. The van der Waals surface area contributed by atoms with E-state index in [1.807, 2.05) is 0 Å². The van der Waals surface area contributed by atoms with Crippen molar-refractivity contribution in [1.29, 1.82) is 0 Å². The summed E-state index contributed by atoms with van der Waals surface area (Å²) in [6.45, 7) is 5.63. The van der Waals surface area contributed by atoms with Crippen LogP contribution in [0.2, 0.25) is 0 Å². The quantitative estimate of drug-likeness (QED) is 0.795. The number of para-hydroxylation sites is 1. The molecule has 0 saturated carbocycles. The van der Waals surface area contributed by atoms with Gasteiger partial charge in [0.1, 0.15) is 17.3 Å². The van der Waals surface area contributed by atoms with Crippen molar-refractivity contribution in [2.24, 2.45) is 0 Å². The number of carbonyl (C=O) groups is 1. The highest BCUT2D eigenvalue weighted by Gasteiger charge is 2.17. The second-order valence-corrected chi connectivity index (χ2v) is 4.09. The van der Waals surface area contributed by atoms with Crippen LogP contribution in [0.1, 0.15) is 13.3 Å². The monoisotopic (exact) mass is 255 g/mol. The Hall–Kier alpha value is -1.91. The first-order valence-corrected chi connectivity index (χ1v) is 5.47. The Kier molecular flexibility index (Phi) is 4.83. The topological polar surface area (TPSA) is 40.5 Å². The molecule has 1 aromatic carbocycles. The van der Waals surface area contributed by atoms with Gasteiger partial charge in [0, 0.05) is 13.1 Å². The summed E-state index contributed by atoms with van der Waals surface area (Å²) in [5.41, 5.74) is 0.491. The van der Waals surface area contributed by atoms with Crippen molar-refractivity contribution >= 4 is 11.7 Å². The van der Waals surface area contributed by atoms with Crippen molar-refractivity contribution in [3.8, 4) is 0 Å². The highest BCUT2D eigenvalue weighted by atomic mass is 19.1. The van der Waals surface area contributed by atoms with Crippen molar-refractivity contribution < 1.29 is 18.7 Å². The molecular weight excluding hydrogens is 240 g/mol. The summed E-state index contributed by atoms with van der Waals surface area (Å²) < 4.78 is 27.2. The molecule has 0 heterocycles. The van der Waals surface area contributed by atoms with Gasteiger partial charge in [-0.2, -0.15) is 0 Å². The first-order chi connectivity index (χ1) is 8.41. The number of anilines is 1. The maximum Gasteiger partial charge on any atom is 0.305 e. The van der Waals surface area contributed by atoms with E-state index in [-0.39, 0.29) is 25.2 Å². The third kappa shape index (κ3) is 3.84. The van der Waals surface area contributed by atoms with Gasteiger partial charge >= 0.3 is 5.97 Å². The summed E-state index contributed by atoms with van der Waals surface area (Å²) in [7, 11) is 0. The number of nitrogens with zero attached hydrogens (tertiary/aromatic N) is 1. The normalized spacial score (nSPS) is 10.2. The predicted octanol–water partition coefficient (Wildman–Crippen LogP) is 2.82. The highest BCUT2D eigenvalue weighted by molar-refractivity contribution is 5.67. The van der Waals surface area contributed by atoms with E-state index in [1.165, 1.54) is 11.0 Å². The van der Waals surface area contributed by atoms with Gasteiger partial charge in [-0.05, 0) is 19.1 Å². The molecule has 98 valence electrons. The molecular formula is C13H15F2NO2. The van der Waals surface area contributed by atoms with Crippen molar-refractivity contribution in [2.75, 3.05) is 18.0 Å². The molecule has 3 nitrogen and oxygen atoms in total. The molecule has 1 aromatic rings. The van der Waals surface area contributed by atoms with Crippen LogP contribution in [0.5, 0.6) is 0 Å². The van der Waals surface area contributed by atoms with Gasteiger partial charge in [-0.1, -0.05) is 18.2 Å². The lowest BCUT2D eigenvalue weighted by Gasteiger charge is -2.25. The fourth-order valence-corrected chi connectivity index (χ4v) is 1.62. The number of carboxylic acid groups (broad SMARTS) is 1. The van der Waals surface area contributed by atoms with Gasteiger partial charge in [-0.3, -0.25) is 4.79 Å². The summed E-state index contributed by atoms with van der Waals surface area (Å²) >= 11 is 0. The zero-order chi connectivity index (χ0) is 13.7. The van der Waals surface area contributed by atoms with E-state index < -0.39 is 17.6 Å². The number of benzene rings is 1. The standard InChI is InChI=1S/C13H15F2NO2/c1-9(2)8-16(7-6-12(17)18)13-10(14)4-3-5-11(13)15/h3-5H,1,6-8H2,2H3,(H,17,18). The van der Waals surface area contributed by atoms with Crippen molar-refractivity contribution in [2.45, 2.75) is 13.3 Å². The molecule has 0 amide bonds. The summed E-state index contributed by atoms with van der Waals surface area (Å²) in [5.74, 6) is -2.43. The molecule has 0 aliphatic heterocycles. The highest BCUT2D eigenvalue weighted by Crippen LogP contribution is 2.24. The zero-order valence-electron chi connectivity index (χ0n) is 10.1. The number of aliphatic carboxylic acids is 1. The van der Waals surface area contributed by atoms with E-state index in [0.29, 0.717) is 5.57 Å². The number of carboxylic acids is 1. The molecule has 0 radical (unpaired) electrons. The van der Waals surface area contributed by atoms with E-state index >= 15 is 0 Å². The Labute approximate surface area is 104 Å². The maximum atomic E-state index is 13.6. The third-order valence-electron chi connectivity index (χ3n) is 2.31. The second kappa shape index (κ2) is 6.14. The Morgan fingerprint density at radius 3 is 2.39 bits per heavy atom. The fraction of sp³-hybridized carbons (Fsp3) is 0.308. The Morgan fingerprint density at radius 2 is 1.94 bits per heavy atom. The molecule has 0 spiro atoms. The number of halogens is 2. The molecule has 0 saturated heterocycles. The van der Waals surface area contributed by atoms with Crippen LogP contribution in [0.3, 0.4) is 0 Å². The van der Waals surface area contributed by atoms with Crippen molar-refractivity contribution in [1.82, 2.24) is 0 Å². The number of rotatable bonds is 6. The van der Waals surface area contributed by atoms with Crippen LogP contribution < -0.4 is 4.90 Å². The molecule has 1 rings (SSSR count). The van der Waals surface area contributed by atoms with E-state index in [1.54, 1.807) is 6.92 Å². The summed E-state index contributed by atoms with van der Waals surface area (Å²) in [5, 5.41) is 8.65. The summed E-state index contributed by atoms with van der Waals surface area (Å²) in [6.07, 6.45) is -0.193. The molecule has 0 aliphatic rings. The Bertz CT molecular complexity index is 440. The molecule has 1 N–H and O–H groups in total. The molecule has 0 atom stereocenters. The third-order valence-corrected chi connectivity index (χ3v) is 2.31. The van der Waals surface area contributed by atoms with Gasteiger partial charge in [0.2, 0.25) is 0 Å². The van der Waals surface area contributed by atoms with Gasteiger partial charge in [-0.15, -0.1) is 0 Å². The fourth-order valence-electron chi connectivity index (χ4n) is 1.62. The molecule has 5 heteroatoms. The molecule has 0 unspecified atom stereocenters. The number of hydrogen-bond donors (Lipinski definition) is 1.